The summed E-state index contributed by atoms with van der Waals surface area (Å²) in [6.07, 6.45) is 0. The van der Waals surface area contributed by atoms with Crippen molar-refractivity contribution in [3.05, 3.63) is 33.8 Å². The number of hydrogen-bond acceptors (Lipinski definition) is 1. The Balaban J connectivity index is 2.90. The molecule has 1 rings (SSSR count). The lowest BCUT2D eigenvalue weighted by Crippen LogP contribution is -2.28. The highest BCUT2D eigenvalue weighted by atomic mass is 79.9. The molecule has 0 heterocycles. The van der Waals surface area contributed by atoms with Gasteiger partial charge in [0.05, 0.1) is 0 Å². The van der Waals surface area contributed by atoms with Crippen LogP contribution in [0.3, 0.4) is 0 Å². The van der Waals surface area contributed by atoms with E-state index in [1.165, 1.54) is 0 Å². The maximum absolute atomic E-state index is 11.9. The van der Waals surface area contributed by atoms with Crippen molar-refractivity contribution in [3.8, 4) is 0 Å². The maximum Gasteiger partial charge on any atom is 0.253 e. The molecule has 1 amide bonds. The third-order valence-corrected chi connectivity index (χ3v) is 2.68. The first-order valence-corrected chi connectivity index (χ1v) is 5.96. The van der Waals surface area contributed by atoms with Gasteiger partial charge in [0.1, 0.15) is 0 Å². The van der Waals surface area contributed by atoms with Gasteiger partial charge in [0.15, 0.2) is 0 Å². The lowest BCUT2D eigenvalue weighted by atomic mass is 10.1. The number of carbonyl (C=O) groups is 1. The van der Waals surface area contributed by atoms with Gasteiger partial charge >= 0.3 is 0 Å². The molecule has 0 atom stereocenters. The van der Waals surface area contributed by atoms with Crippen molar-refractivity contribution in [2.45, 2.75) is 6.92 Å². The minimum atomic E-state index is 0.0000463. The standard InChI is InChI=1S/C11H13BrClNO/c1-8-5-9(7-10(12)6-8)11(15)14(2)4-3-13/h5-7H,3-4H2,1-2H3. The lowest BCUT2D eigenvalue weighted by molar-refractivity contribution is 0.0803. The summed E-state index contributed by atoms with van der Waals surface area (Å²) < 4.78 is 0.921. The molecule has 0 aliphatic rings. The van der Waals surface area contributed by atoms with E-state index in [4.69, 9.17) is 11.6 Å². The van der Waals surface area contributed by atoms with E-state index >= 15 is 0 Å². The highest BCUT2D eigenvalue weighted by Gasteiger charge is 2.11. The molecule has 0 unspecified atom stereocenters. The van der Waals surface area contributed by atoms with Crippen LogP contribution in [0.2, 0.25) is 0 Å². The fourth-order valence-electron chi connectivity index (χ4n) is 1.31. The Morgan fingerprint density at radius 2 is 2.13 bits per heavy atom. The number of hydrogen-bond donors (Lipinski definition) is 0. The van der Waals surface area contributed by atoms with Gasteiger partial charge in [-0.05, 0) is 30.7 Å². The van der Waals surface area contributed by atoms with E-state index in [0.29, 0.717) is 18.0 Å². The van der Waals surface area contributed by atoms with Crippen LogP contribution in [0.25, 0.3) is 0 Å². The smallest absolute Gasteiger partial charge is 0.253 e. The Hall–Kier alpha value is -0.540. The molecule has 15 heavy (non-hydrogen) atoms. The number of carbonyl (C=O) groups excluding carboxylic acids is 1. The number of benzene rings is 1. The largest absolute Gasteiger partial charge is 0.341 e. The van der Waals surface area contributed by atoms with Crippen molar-refractivity contribution in [2.24, 2.45) is 0 Å². The fraction of sp³-hybridized carbons (Fsp3) is 0.364. The summed E-state index contributed by atoms with van der Waals surface area (Å²) in [5.74, 6) is 0.454. The van der Waals surface area contributed by atoms with Crippen LogP contribution in [-0.4, -0.2) is 30.3 Å². The van der Waals surface area contributed by atoms with Crippen molar-refractivity contribution in [1.82, 2.24) is 4.90 Å². The molecule has 4 heteroatoms. The highest BCUT2D eigenvalue weighted by Crippen LogP contribution is 2.16. The Kier molecular flexibility index (Phi) is 4.61. The Bertz CT molecular complexity index is 347. The van der Waals surface area contributed by atoms with Gasteiger partial charge in [0, 0.05) is 29.5 Å². The SMILES string of the molecule is Cc1cc(Br)cc(C(=O)N(C)CCCl)c1. The number of amides is 1. The first-order chi connectivity index (χ1) is 7.04. The van der Waals surface area contributed by atoms with Gasteiger partial charge < -0.3 is 4.90 Å². The summed E-state index contributed by atoms with van der Waals surface area (Å²) in [7, 11) is 1.75. The quantitative estimate of drug-likeness (QED) is 0.784. The molecule has 0 spiro atoms. The van der Waals surface area contributed by atoms with Gasteiger partial charge in [0.2, 0.25) is 0 Å². The summed E-state index contributed by atoms with van der Waals surface area (Å²) in [5, 5.41) is 0. The van der Waals surface area contributed by atoms with Crippen LogP contribution in [0.5, 0.6) is 0 Å². The van der Waals surface area contributed by atoms with Gasteiger partial charge in [-0.15, -0.1) is 11.6 Å². The predicted octanol–water partition coefficient (Wildman–Crippen LogP) is 3.07. The number of nitrogens with zero attached hydrogens (tertiary/aromatic N) is 1. The average molecular weight is 291 g/mol. The zero-order chi connectivity index (χ0) is 11.4. The molecule has 0 aliphatic carbocycles. The van der Waals surface area contributed by atoms with E-state index in [0.717, 1.165) is 10.0 Å². The number of rotatable bonds is 3. The van der Waals surface area contributed by atoms with E-state index in [1.807, 2.05) is 25.1 Å². The van der Waals surface area contributed by atoms with E-state index < -0.39 is 0 Å². The second kappa shape index (κ2) is 5.52. The second-order valence-corrected chi connectivity index (χ2v) is 4.73. The predicted molar refractivity (Wildman–Crippen MR) is 66.6 cm³/mol. The van der Waals surface area contributed by atoms with Gasteiger partial charge in [-0.25, -0.2) is 0 Å². The van der Waals surface area contributed by atoms with Crippen LogP contribution in [0.4, 0.5) is 0 Å². The van der Waals surface area contributed by atoms with E-state index in [2.05, 4.69) is 15.9 Å². The molecule has 0 radical (unpaired) electrons. The van der Waals surface area contributed by atoms with Crippen molar-refractivity contribution in [2.75, 3.05) is 19.5 Å². The van der Waals surface area contributed by atoms with Crippen LogP contribution in [0, 0.1) is 6.92 Å². The van der Waals surface area contributed by atoms with E-state index in [9.17, 15) is 4.79 Å². The molecule has 0 N–H and O–H groups in total. The monoisotopic (exact) mass is 289 g/mol. The minimum absolute atomic E-state index is 0.0000463. The molecule has 82 valence electrons. The van der Waals surface area contributed by atoms with Crippen molar-refractivity contribution < 1.29 is 4.79 Å². The summed E-state index contributed by atoms with van der Waals surface area (Å²) in [5.41, 5.74) is 1.75. The lowest BCUT2D eigenvalue weighted by Gasteiger charge is -2.15. The summed E-state index contributed by atoms with van der Waals surface area (Å²) in [6, 6.07) is 5.66. The van der Waals surface area contributed by atoms with Gasteiger partial charge in [0.25, 0.3) is 5.91 Å². The van der Waals surface area contributed by atoms with Gasteiger partial charge in [-0.3, -0.25) is 4.79 Å². The molecule has 0 aromatic heterocycles. The van der Waals surface area contributed by atoms with Crippen molar-refractivity contribution in [1.29, 1.82) is 0 Å². The molecule has 0 saturated heterocycles. The van der Waals surface area contributed by atoms with Crippen molar-refractivity contribution >= 4 is 33.4 Å². The molecule has 0 aliphatic heterocycles. The van der Waals surface area contributed by atoms with Gasteiger partial charge in [-0.2, -0.15) is 0 Å². The molecule has 0 bridgehead atoms. The Morgan fingerprint density at radius 1 is 1.47 bits per heavy atom. The number of alkyl halides is 1. The van der Waals surface area contributed by atoms with E-state index in [1.54, 1.807) is 11.9 Å². The van der Waals surface area contributed by atoms with Crippen LogP contribution >= 0.6 is 27.5 Å². The van der Waals surface area contributed by atoms with Crippen LogP contribution in [0.15, 0.2) is 22.7 Å². The molecule has 2 nitrogen and oxygen atoms in total. The first kappa shape index (κ1) is 12.5. The Labute approximate surface area is 103 Å². The molecular formula is C11H13BrClNO. The minimum Gasteiger partial charge on any atom is -0.341 e. The third-order valence-electron chi connectivity index (χ3n) is 2.06. The number of aryl methyl sites for hydroxylation is 1. The summed E-state index contributed by atoms with van der Waals surface area (Å²) >= 11 is 8.96. The van der Waals surface area contributed by atoms with Crippen molar-refractivity contribution in [3.63, 3.8) is 0 Å². The topological polar surface area (TPSA) is 20.3 Å². The normalized spacial score (nSPS) is 10.1. The average Bonchev–Trinajstić information content (AvgIpc) is 2.15. The molecular weight excluding hydrogens is 277 g/mol. The van der Waals surface area contributed by atoms with Crippen LogP contribution < -0.4 is 0 Å². The fourth-order valence-corrected chi connectivity index (χ4v) is 2.17. The summed E-state index contributed by atoms with van der Waals surface area (Å²) in [4.78, 5) is 13.5. The van der Waals surface area contributed by atoms with E-state index in [-0.39, 0.29) is 5.91 Å². The zero-order valence-electron chi connectivity index (χ0n) is 8.76. The summed E-state index contributed by atoms with van der Waals surface area (Å²) in [6.45, 7) is 2.52. The number of halogens is 2. The van der Waals surface area contributed by atoms with Gasteiger partial charge in [-0.1, -0.05) is 15.9 Å². The molecule has 0 fully saturated rings. The molecule has 1 aromatic carbocycles. The zero-order valence-corrected chi connectivity index (χ0v) is 11.1. The van der Waals surface area contributed by atoms with Crippen LogP contribution in [0.1, 0.15) is 15.9 Å². The highest BCUT2D eigenvalue weighted by molar-refractivity contribution is 9.10. The third kappa shape index (κ3) is 3.50. The molecule has 0 saturated carbocycles. The molecule has 1 aromatic rings. The Morgan fingerprint density at radius 3 is 2.67 bits per heavy atom. The first-order valence-electron chi connectivity index (χ1n) is 4.63. The van der Waals surface area contributed by atoms with Crippen LogP contribution in [-0.2, 0) is 0 Å². The second-order valence-electron chi connectivity index (χ2n) is 3.43. The maximum atomic E-state index is 11.9.